The van der Waals surface area contributed by atoms with E-state index in [1.165, 1.54) is 25.0 Å². The molecule has 0 aliphatic rings. The van der Waals surface area contributed by atoms with E-state index in [4.69, 9.17) is 4.74 Å². The van der Waals surface area contributed by atoms with Crippen molar-refractivity contribution in [3.63, 3.8) is 0 Å². The maximum Gasteiger partial charge on any atom is 0.126 e. The van der Waals surface area contributed by atoms with E-state index >= 15 is 0 Å². The normalized spacial score (nSPS) is 10.9. The summed E-state index contributed by atoms with van der Waals surface area (Å²) < 4.78 is 18.3. The van der Waals surface area contributed by atoms with Gasteiger partial charge in [-0.2, -0.15) is 0 Å². The van der Waals surface area contributed by atoms with Crippen LogP contribution in [0.1, 0.15) is 39.5 Å². The number of hydrogen-bond donors (Lipinski definition) is 1. The van der Waals surface area contributed by atoms with E-state index in [9.17, 15) is 4.39 Å². The van der Waals surface area contributed by atoms with Crippen LogP contribution in [0.15, 0.2) is 24.3 Å². The summed E-state index contributed by atoms with van der Waals surface area (Å²) in [5, 5.41) is 3.40. The van der Waals surface area contributed by atoms with Gasteiger partial charge in [0.05, 0.1) is 6.61 Å². The largest absolute Gasteiger partial charge is 0.493 e. The third kappa shape index (κ3) is 7.28. The van der Waals surface area contributed by atoms with Crippen LogP contribution in [0.5, 0.6) is 5.75 Å². The van der Waals surface area contributed by atoms with Gasteiger partial charge in [0.15, 0.2) is 0 Å². The van der Waals surface area contributed by atoms with Gasteiger partial charge in [0.2, 0.25) is 0 Å². The predicted molar refractivity (Wildman–Crippen MR) is 73.5 cm³/mol. The fourth-order valence-corrected chi connectivity index (χ4v) is 1.72. The van der Waals surface area contributed by atoms with Crippen molar-refractivity contribution in [3.05, 3.63) is 30.1 Å². The van der Waals surface area contributed by atoms with Crippen LogP contribution in [0.25, 0.3) is 0 Å². The highest BCUT2D eigenvalue weighted by Crippen LogP contribution is 2.12. The Kier molecular flexibility index (Phi) is 7.42. The summed E-state index contributed by atoms with van der Waals surface area (Å²) in [5.74, 6) is 0.378. The van der Waals surface area contributed by atoms with Crippen molar-refractivity contribution in [2.75, 3.05) is 13.2 Å². The van der Waals surface area contributed by atoms with Gasteiger partial charge in [-0.05, 0) is 31.5 Å². The SMILES string of the molecule is CC(C)NCCCCCCOc1cccc(F)c1. The van der Waals surface area contributed by atoms with Crippen molar-refractivity contribution in [1.29, 1.82) is 0 Å². The zero-order valence-electron chi connectivity index (χ0n) is 11.4. The van der Waals surface area contributed by atoms with Gasteiger partial charge in [-0.3, -0.25) is 0 Å². The number of halogens is 1. The fourth-order valence-electron chi connectivity index (χ4n) is 1.72. The van der Waals surface area contributed by atoms with E-state index in [0.29, 0.717) is 18.4 Å². The van der Waals surface area contributed by atoms with Crippen LogP contribution < -0.4 is 10.1 Å². The Morgan fingerprint density at radius 3 is 2.67 bits per heavy atom. The summed E-state index contributed by atoms with van der Waals surface area (Å²) in [6, 6.07) is 6.88. The zero-order valence-corrected chi connectivity index (χ0v) is 11.4. The topological polar surface area (TPSA) is 21.3 Å². The molecule has 0 atom stereocenters. The maximum absolute atomic E-state index is 12.9. The first-order valence-corrected chi connectivity index (χ1v) is 6.80. The smallest absolute Gasteiger partial charge is 0.126 e. The van der Waals surface area contributed by atoms with Gasteiger partial charge in [-0.25, -0.2) is 4.39 Å². The lowest BCUT2D eigenvalue weighted by molar-refractivity contribution is 0.303. The van der Waals surface area contributed by atoms with E-state index in [1.807, 2.05) is 0 Å². The van der Waals surface area contributed by atoms with Gasteiger partial charge in [0.1, 0.15) is 11.6 Å². The molecule has 0 unspecified atom stereocenters. The average Bonchev–Trinajstić information content (AvgIpc) is 2.32. The Morgan fingerprint density at radius 2 is 1.94 bits per heavy atom. The monoisotopic (exact) mass is 253 g/mol. The van der Waals surface area contributed by atoms with Crippen molar-refractivity contribution in [1.82, 2.24) is 5.32 Å². The summed E-state index contributed by atoms with van der Waals surface area (Å²) in [6.45, 7) is 6.07. The molecule has 0 amide bonds. The molecule has 0 fully saturated rings. The molecular formula is C15H24FNO. The highest BCUT2D eigenvalue weighted by atomic mass is 19.1. The van der Waals surface area contributed by atoms with Crippen LogP contribution in [0.3, 0.4) is 0 Å². The molecule has 3 heteroatoms. The van der Waals surface area contributed by atoms with Crippen molar-refractivity contribution in [2.24, 2.45) is 0 Å². The Hall–Kier alpha value is -1.09. The molecule has 1 aromatic rings. The van der Waals surface area contributed by atoms with Gasteiger partial charge in [-0.15, -0.1) is 0 Å². The standard InChI is InChI=1S/C15H24FNO/c1-13(2)17-10-5-3-4-6-11-18-15-9-7-8-14(16)12-15/h7-9,12-13,17H,3-6,10-11H2,1-2H3. The molecule has 102 valence electrons. The van der Waals surface area contributed by atoms with Gasteiger partial charge in [0, 0.05) is 12.1 Å². The number of ether oxygens (including phenoxy) is 1. The van der Waals surface area contributed by atoms with Crippen LogP contribution in [0.2, 0.25) is 0 Å². The minimum Gasteiger partial charge on any atom is -0.493 e. The van der Waals surface area contributed by atoms with Crippen LogP contribution in [-0.2, 0) is 0 Å². The predicted octanol–water partition coefficient (Wildman–Crippen LogP) is 3.76. The molecule has 1 rings (SSSR count). The first-order chi connectivity index (χ1) is 8.68. The Morgan fingerprint density at radius 1 is 1.17 bits per heavy atom. The van der Waals surface area contributed by atoms with Gasteiger partial charge < -0.3 is 10.1 Å². The van der Waals surface area contributed by atoms with Crippen LogP contribution in [0.4, 0.5) is 4.39 Å². The van der Waals surface area contributed by atoms with E-state index < -0.39 is 0 Å². The molecular weight excluding hydrogens is 229 g/mol. The second-order valence-electron chi connectivity index (χ2n) is 4.83. The molecule has 0 saturated heterocycles. The highest BCUT2D eigenvalue weighted by Gasteiger charge is 1.96. The van der Waals surface area contributed by atoms with Crippen molar-refractivity contribution >= 4 is 0 Å². The first kappa shape index (κ1) is 15.0. The van der Waals surface area contributed by atoms with Gasteiger partial charge in [-0.1, -0.05) is 32.8 Å². The number of benzene rings is 1. The van der Waals surface area contributed by atoms with E-state index in [-0.39, 0.29) is 5.82 Å². The zero-order chi connectivity index (χ0) is 13.2. The Bertz CT molecular complexity index is 328. The lowest BCUT2D eigenvalue weighted by Crippen LogP contribution is -2.23. The molecule has 0 aliphatic heterocycles. The minimum atomic E-state index is -0.243. The second-order valence-corrected chi connectivity index (χ2v) is 4.83. The van der Waals surface area contributed by atoms with E-state index in [2.05, 4.69) is 19.2 Å². The molecule has 1 N–H and O–H groups in total. The fraction of sp³-hybridized carbons (Fsp3) is 0.600. The van der Waals surface area contributed by atoms with Crippen molar-refractivity contribution in [3.8, 4) is 5.75 Å². The van der Waals surface area contributed by atoms with Crippen LogP contribution in [0, 0.1) is 5.82 Å². The molecule has 2 nitrogen and oxygen atoms in total. The molecule has 0 radical (unpaired) electrons. The van der Waals surface area contributed by atoms with Gasteiger partial charge in [0.25, 0.3) is 0 Å². The lowest BCUT2D eigenvalue weighted by atomic mass is 10.2. The van der Waals surface area contributed by atoms with Crippen LogP contribution >= 0.6 is 0 Å². The summed E-state index contributed by atoms with van der Waals surface area (Å²) >= 11 is 0. The highest BCUT2D eigenvalue weighted by molar-refractivity contribution is 5.22. The third-order valence-electron chi connectivity index (χ3n) is 2.69. The van der Waals surface area contributed by atoms with Crippen molar-refractivity contribution in [2.45, 2.75) is 45.6 Å². The minimum absolute atomic E-state index is 0.243. The summed E-state index contributed by atoms with van der Waals surface area (Å²) in [5.41, 5.74) is 0. The second kappa shape index (κ2) is 8.92. The molecule has 1 aromatic carbocycles. The van der Waals surface area contributed by atoms with Gasteiger partial charge >= 0.3 is 0 Å². The van der Waals surface area contributed by atoms with E-state index in [1.54, 1.807) is 12.1 Å². The first-order valence-electron chi connectivity index (χ1n) is 6.80. The number of hydrogen-bond acceptors (Lipinski definition) is 2. The summed E-state index contributed by atoms with van der Waals surface area (Å²) in [7, 11) is 0. The van der Waals surface area contributed by atoms with E-state index in [0.717, 1.165) is 19.4 Å². The Labute approximate surface area is 110 Å². The molecule has 0 spiro atoms. The molecule has 18 heavy (non-hydrogen) atoms. The molecule has 0 saturated carbocycles. The molecule has 0 heterocycles. The Balaban J connectivity index is 1.96. The van der Waals surface area contributed by atoms with Crippen molar-refractivity contribution < 1.29 is 9.13 Å². The molecule has 0 bridgehead atoms. The quantitative estimate of drug-likeness (QED) is 0.676. The number of unbranched alkanes of at least 4 members (excludes halogenated alkanes) is 3. The number of nitrogens with one attached hydrogen (secondary N) is 1. The third-order valence-corrected chi connectivity index (χ3v) is 2.69. The summed E-state index contributed by atoms with van der Waals surface area (Å²) in [4.78, 5) is 0. The average molecular weight is 253 g/mol. The molecule has 0 aliphatic carbocycles. The van der Waals surface area contributed by atoms with Crippen LogP contribution in [-0.4, -0.2) is 19.2 Å². The summed E-state index contributed by atoms with van der Waals surface area (Å²) in [6.07, 6.45) is 4.61. The lowest BCUT2D eigenvalue weighted by Gasteiger charge is -2.08. The number of rotatable bonds is 9. The maximum atomic E-state index is 12.9. The molecule has 0 aromatic heterocycles.